The second kappa shape index (κ2) is 7.40. The maximum absolute atomic E-state index is 5.76. The average molecular weight is 409 g/mol. The number of nitrogen functional groups attached to an aromatic ring is 1. The van der Waals surface area contributed by atoms with Crippen LogP contribution >= 0.6 is 0 Å². The second-order valence-electron chi connectivity index (χ2n) is 7.65. The number of hydrogen-bond donors (Lipinski definition) is 1. The molecule has 0 amide bonds. The minimum Gasteiger partial charge on any atom is -0.496 e. The Morgan fingerprint density at radius 1 is 0.968 bits per heavy atom. The van der Waals surface area contributed by atoms with Gasteiger partial charge < -0.3 is 15.0 Å². The van der Waals surface area contributed by atoms with Crippen LogP contribution in [0.4, 0.5) is 5.82 Å². The van der Waals surface area contributed by atoms with Crippen molar-refractivity contribution in [3.05, 3.63) is 78.4 Å². The smallest absolute Gasteiger partial charge is 0.127 e. The summed E-state index contributed by atoms with van der Waals surface area (Å²) in [6.45, 7) is 4.23. The molecule has 0 spiro atoms. The molecule has 2 N–H and O–H groups in total. The summed E-state index contributed by atoms with van der Waals surface area (Å²) in [5, 5.41) is 1.00. The number of anilines is 1. The number of pyridine rings is 2. The van der Waals surface area contributed by atoms with Gasteiger partial charge in [0.15, 0.2) is 0 Å². The third kappa shape index (κ3) is 3.17. The molecule has 0 fully saturated rings. The Kier molecular flexibility index (Phi) is 4.55. The standard InChI is InChI=1S/C25H23N5O/c1-15(17-7-5-4-6-8-17)30-16(2)29-22-14-27-21-11-19(18-9-10-24(26)28-13-18)23(31-3)12-20(21)25(22)30/h4-15H,1-3H3,(H2,26,28)/t15-/m0/s1. The monoisotopic (exact) mass is 409 g/mol. The fraction of sp³-hybridized carbons (Fsp3) is 0.160. The Labute approximate surface area is 180 Å². The lowest BCUT2D eigenvalue weighted by Gasteiger charge is -2.18. The summed E-state index contributed by atoms with van der Waals surface area (Å²) in [7, 11) is 1.68. The van der Waals surface area contributed by atoms with Crippen LogP contribution in [-0.2, 0) is 0 Å². The molecule has 3 aromatic heterocycles. The first kappa shape index (κ1) is 19.1. The highest BCUT2D eigenvalue weighted by molar-refractivity contribution is 6.05. The number of imidazole rings is 1. The predicted octanol–water partition coefficient (Wildman–Crippen LogP) is 5.16. The van der Waals surface area contributed by atoms with E-state index < -0.39 is 0 Å². The molecule has 0 aliphatic heterocycles. The van der Waals surface area contributed by atoms with E-state index in [9.17, 15) is 0 Å². The first-order valence-corrected chi connectivity index (χ1v) is 10.2. The Morgan fingerprint density at radius 2 is 1.77 bits per heavy atom. The van der Waals surface area contributed by atoms with Crippen LogP contribution in [0.1, 0.15) is 24.4 Å². The largest absolute Gasteiger partial charge is 0.496 e. The maximum Gasteiger partial charge on any atom is 0.127 e. The molecule has 5 aromatic rings. The third-order valence-electron chi connectivity index (χ3n) is 5.78. The minimum atomic E-state index is 0.128. The van der Waals surface area contributed by atoms with E-state index in [0.717, 1.165) is 44.6 Å². The maximum atomic E-state index is 5.76. The van der Waals surface area contributed by atoms with E-state index in [0.29, 0.717) is 5.82 Å². The third-order valence-corrected chi connectivity index (χ3v) is 5.78. The van der Waals surface area contributed by atoms with Gasteiger partial charge in [0.1, 0.15) is 22.9 Å². The molecule has 1 atom stereocenters. The Bertz CT molecular complexity index is 1390. The molecule has 2 aromatic carbocycles. The lowest BCUT2D eigenvalue weighted by molar-refractivity contribution is 0.417. The Hall–Kier alpha value is -3.93. The number of aromatic nitrogens is 4. The number of nitrogens with zero attached hydrogens (tertiary/aromatic N) is 4. The molecular formula is C25H23N5O. The number of ether oxygens (including phenoxy) is 1. The van der Waals surface area contributed by atoms with Crippen LogP contribution < -0.4 is 10.5 Å². The summed E-state index contributed by atoms with van der Waals surface area (Å²) in [6.07, 6.45) is 3.60. The number of fused-ring (bicyclic) bond motifs is 3. The second-order valence-corrected chi connectivity index (χ2v) is 7.65. The number of aryl methyl sites for hydroxylation is 1. The predicted molar refractivity (Wildman–Crippen MR) is 124 cm³/mol. The van der Waals surface area contributed by atoms with Gasteiger partial charge in [-0.05, 0) is 43.7 Å². The van der Waals surface area contributed by atoms with Gasteiger partial charge in [-0.1, -0.05) is 30.3 Å². The van der Waals surface area contributed by atoms with Gasteiger partial charge >= 0.3 is 0 Å². The Balaban J connectivity index is 1.77. The van der Waals surface area contributed by atoms with E-state index in [1.807, 2.05) is 37.4 Å². The number of hydrogen-bond acceptors (Lipinski definition) is 5. The van der Waals surface area contributed by atoms with Crippen molar-refractivity contribution in [2.45, 2.75) is 19.9 Å². The molecule has 0 saturated carbocycles. The van der Waals surface area contributed by atoms with E-state index in [2.05, 4.69) is 40.7 Å². The van der Waals surface area contributed by atoms with Crippen molar-refractivity contribution < 1.29 is 4.74 Å². The topological polar surface area (TPSA) is 78.8 Å². The zero-order valence-electron chi connectivity index (χ0n) is 17.7. The highest BCUT2D eigenvalue weighted by Crippen LogP contribution is 2.37. The van der Waals surface area contributed by atoms with Crippen molar-refractivity contribution in [2.75, 3.05) is 12.8 Å². The molecule has 0 aliphatic rings. The number of benzene rings is 2. The minimum absolute atomic E-state index is 0.128. The van der Waals surface area contributed by atoms with E-state index in [1.165, 1.54) is 5.56 Å². The van der Waals surface area contributed by atoms with Gasteiger partial charge in [-0.15, -0.1) is 0 Å². The van der Waals surface area contributed by atoms with Crippen molar-refractivity contribution in [1.82, 2.24) is 19.5 Å². The fourth-order valence-electron chi connectivity index (χ4n) is 4.23. The van der Waals surface area contributed by atoms with E-state index >= 15 is 0 Å². The first-order valence-electron chi connectivity index (χ1n) is 10.2. The molecule has 3 heterocycles. The molecule has 31 heavy (non-hydrogen) atoms. The van der Waals surface area contributed by atoms with E-state index in [4.69, 9.17) is 20.4 Å². The number of rotatable bonds is 4. The van der Waals surface area contributed by atoms with E-state index in [-0.39, 0.29) is 6.04 Å². The molecule has 154 valence electrons. The van der Waals surface area contributed by atoms with Gasteiger partial charge in [0.05, 0.1) is 30.4 Å². The Morgan fingerprint density at radius 3 is 2.48 bits per heavy atom. The molecule has 5 rings (SSSR count). The van der Waals surface area contributed by atoms with Crippen LogP contribution in [0.5, 0.6) is 5.75 Å². The van der Waals surface area contributed by atoms with Crippen LogP contribution in [0, 0.1) is 6.92 Å². The van der Waals surface area contributed by atoms with Crippen molar-refractivity contribution in [1.29, 1.82) is 0 Å². The van der Waals surface area contributed by atoms with Crippen molar-refractivity contribution >= 4 is 27.8 Å². The van der Waals surface area contributed by atoms with Crippen LogP contribution in [0.3, 0.4) is 0 Å². The van der Waals surface area contributed by atoms with Crippen LogP contribution in [0.15, 0.2) is 67.0 Å². The summed E-state index contributed by atoms with van der Waals surface area (Å²) in [5.74, 6) is 2.19. The quantitative estimate of drug-likeness (QED) is 0.444. The highest BCUT2D eigenvalue weighted by Gasteiger charge is 2.19. The molecule has 0 radical (unpaired) electrons. The summed E-state index contributed by atoms with van der Waals surface area (Å²) in [4.78, 5) is 13.7. The highest BCUT2D eigenvalue weighted by atomic mass is 16.5. The molecule has 0 bridgehead atoms. The summed E-state index contributed by atoms with van der Waals surface area (Å²) in [6, 6.07) is 18.4. The molecule has 0 aliphatic carbocycles. The van der Waals surface area contributed by atoms with Gasteiger partial charge in [0.2, 0.25) is 0 Å². The van der Waals surface area contributed by atoms with Crippen LogP contribution in [0.25, 0.3) is 33.1 Å². The lowest BCUT2D eigenvalue weighted by atomic mass is 10.0. The average Bonchev–Trinajstić information content (AvgIpc) is 3.15. The molecule has 0 unspecified atom stereocenters. The zero-order chi connectivity index (χ0) is 21.5. The summed E-state index contributed by atoms with van der Waals surface area (Å²) < 4.78 is 8.04. The molecule has 6 nitrogen and oxygen atoms in total. The normalized spacial score (nSPS) is 12.4. The van der Waals surface area contributed by atoms with Gasteiger partial charge in [-0.3, -0.25) is 4.98 Å². The van der Waals surface area contributed by atoms with Crippen molar-refractivity contribution in [2.24, 2.45) is 0 Å². The van der Waals surface area contributed by atoms with E-state index in [1.54, 1.807) is 19.4 Å². The zero-order valence-corrected chi connectivity index (χ0v) is 17.7. The van der Waals surface area contributed by atoms with Gasteiger partial charge in [-0.2, -0.15) is 0 Å². The molecule has 0 saturated heterocycles. The lowest BCUT2D eigenvalue weighted by Crippen LogP contribution is -2.08. The first-order chi connectivity index (χ1) is 15.1. The van der Waals surface area contributed by atoms with Crippen molar-refractivity contribution in [3.8, 4) is 16.9 Å². The van der Waals surface area contributed by atoms with Crippen molar-refractivity contribution in [3.63, 3.8) is 0 Å². The number of nitrogens with two attached hydrogens (primary N) is 1. The van der Waals surface area contributed by atoms with Gasteiger partial charge in [0, 0.05) is 22.7 Å². The molecular weight excluding hydrogens is 386 g/mol. The van der Waals surface area contributed by atoms with Crippen LogP contribution in [0.2, 0.25) is 0 Å². The summed E-state index contributed by atoms with van der Waals surface area (Å²) in [5.41, 5.74) is 11.6. The summed E-state index contributed by atoms with van der Waals surface area (Å²) >= 11 is 0. The fourth-order valence-corrected chi connectivity index (χ4v) is 4.23. The van der Waals surface area contributed by atoms with Crippen LogP contribution in [-0.4, -0.2) is 26.6 Å². The number of methoxy groups -OCH3 is 1. The van der Waals surface area contributed by atoms with Gasteiger partial charge in [0.25, 0.3) is 0 Å². The van der Waals surface area contributed by atoms with Gasteiger partial charge in [-0.25, -0.2) is 9.97 Å². The molecule has 6 heteroatoms. The SMILES string of the molecule is COc1cc2c(cc1-c1ccc(N)nc1)ncc1nc(C)n([C@@H](C)c3ccccc3)c12.